The average molecular weight is 284 g/mol. The molecule has 0 atom stereocenters. The van der Waals surface area contributed by atoms with Crippen molar-refractivity contribution in [1.29, 1.82) is 0 Å². The predicted molar refractivity (Wildman–Crippen MR) is 56.8 cm³/mol. The molecule has 0 aliphatic carbocycles. The Kier molecular flexibility index (Phi) is 3.38. The molecule has 0 amide bonds. The highest BCUT2D eigenvalue weighted by molar-refractivity contribution is 9.08. The summed E-state index contributed by atoms with van der Waals surface area (Å²) in [5.74, 6) is 0. The van der Waals surface area contributed by atoms with E-state index in [1.165, 1.54) is 0 Å². The van der Waals surface area contributed by atoms with E-state index in [9.17, 15) is 8.42 Å². The molecule has 0 bridgehead atoms. The van der Waals surface area contributed by atoms with Gasteiger partial charge in [0.2, 0.25) is 0 Å². The van der Waals surface area contributed by atoms with Crippen LogP contribution < -0.4 is 0 Å². The van der Waals surface area contributed by atoms with Gasteiger partial charge >= 0.3 is 0 Å². The summed E-state index contributed by atoms with van der Waals surface area (Å²) in [4.78, 5) is 0.156. The fourth-order valence-electron chi connectivity index (χ4n) is 1.04. The van der Waals surface area contributed by atoms with E-state index in [-0.39, 0.29) is 4.90 Å². The fourth-order valence-corrected chi connectivity index (χ4v) is 2.25. The minimum absolute atomic E-state index is 0.156. The van der Waals surface area contributed by atoms with Crippen molar-refractivity contribution in [2.75, 3.05) is 0 Å². The van der Waals surface area contributed by atoms with Crippen molar-refractivity contribution in [1.82, 2.24) is 0 Å². The molecule has 1 aromatic carbocycles. The highest BCUT2D eigenvalue weighted by Gasteiger charge is 2.10. The molecule has 0 spiro atoms. The number of rotatable bonds is 2. The van der Waals surface area contributed by atoms with Gasteiger partial charge in [-0.3, -0.25) is 0 Å². The monoisotopic (exact) mass is 282 g/mol. The number of hydrogen-bond acceptors (Lipinski definition) is 2. The molecule has 1 aromatic rings. The van der Waals surface area contributed by atoms with Gasteiger partial charge in [-0.1, -0.05) is 22.0 Å². The summed E-state index contributed by atoms with van der Waals surface area (Å²) in [5.41, 5.74) is 1.79. The Morgan fingerprint density at radius 2 is 2.00 bits per heavy atom. The highest BCUT2D eigenvalue weighted by Crippen LogP contribution is 2.19. The van der Waals surface area contributed by atoms with Crippen molar-refractivity contribution >= 4 is 35.7 Å². The van der Waals surface area contributed by atoms with Gasteiger partial charge in [0.15, 0.2) is 0 Å². The quantitative estimate of drug-likeness (QED) is 0.618. The van der Waals surface area contributed by atoms with E-state index in [1.807, 2.05) is 13.0 Å². The third-order valence-corrected chi connectivity index (χ3v) is 3.53. The summed E-state index contributed by atoms with van der Waals surface area (Å²) in [7, 11) is 1.61. The summed E-state index contributed by atoms with van der Waals surface area (Å²) in [6, 6.07) is 5.01. The molecule has 0 N–H and O–H groups in total. The third kappa shape index (κ3) is 2.97. The number of alkyl halides is 1. The molecule has 2 nitrogen and oxygen atoms in total. The molecule has 0 aromatic heterocycles. The van der Waals surface area contributed by atoms with Crippen LogP contribution in [0.2, 0.25) is 0 Å². The topological polar surface area (TPSA) is 34.1 Å². The average Bonchev–Trinajstić information content (AvgIpc) is 2.01. The molecule has 5 heteroatoms. The smallest absolute Gasteiger partial charge is 0.207 e. The molecule has 13 heavy (non-hydrogen) atoms. The SMILES string of the molecule is Cc1cc(CBr)cc(S(=O)(=O)Cl)c1. The lowest BCUT2D eigenvalue weighted by molar-refractivity contribution is 0.609. The van der Waals surface area contributed by atoms with E-state index in [1.54, 1.807) is 12.1 Å². The van der Waals surface area contributed by atoms with Crippen molar-refractivity contribution in [2.45, 2.75) is 17.1 Å². The number of aryl methyl sites for hydroxylation is 1. The summed E-state index contributed by atoms with van der Waals surface area (Å²) < 4.78 is 22.0. The second kappa shape index (κ2) is 3.98. The van der Waals surface area contributed by atoms with Crippen LogP contribution in [-0.4, -0.2) is 8.42 Å². The lowest BCUT2D eigenvalue weighted by Crippen LogP contribution is -1.93. The van der Waals surface area contributed by atoms with E-state index in [0.29, 0.717) is 5.33 Å². The fraction of sp³-hybridized carbons (Fsp3) is 0.250. The van der Waals surface area contributed by atoms with E-state index in [0.717, 1.165) is 11.1 Å². The van der Waals surface area contributed by atoms with Crippen LogP contribution in [0.5, 0.6) is 0 Å². The maximum absolute atomic E-state index is 11.0. The molecule has 0 saturated carbocycles. The van der Waals surface area contributed by atoms with Gasteiger partial charge in [0, 0.05) is 16.0 Å². The Morgan fingerprint density at radius 3 is 2.46 bits per heavy atom. The van der Waals surface area contributed by atoms with Crippen LogP contribution in [0.4, 0.5) is 0 Å². The van der Waals surface area contributed by atoms with E-state index in [4.69, 9.17) is 10.7 Å². The Hall–Kier alpha value is -0.0600. The largest absolute Gasteiger partial charge is 0.261 e. The molecule has 0 unspecified atom stereocenters. The van der Waals surface area contributed by atoms with Gasteiger partial charge in [0.25, 0.3) is 9.05 Å². The standard InChI is InChI=1S/C8H8BrClO2S/c1-6-2-7(5-9)4-8(3-6)13(10,11)12/h2-4H,5H2,1H3. The minimum atomic E-state index is -3.61. The number of benzene rings is 1. The van der Waals surface area contributed by atoms with Crippen LogP contribution in [0, 0.1) is 6.92 Å². The first-order valence-electron chi connectivity index (χ1n) is 3.54. The highest BCUT2D eigenvalue weighted by atomic mass is 79.9. The van der Waals surface area contributed by atoms with Crippen LogP contribution in [0.1, 0.15) is 11.1 Å². The molecule has 0 radical (unpaired) electrons. The van der Waals surface area contributed by atoms with Gasteiger partial charge in [-0.2, -0.15) is 0 Å². The van der Waals surface area contributed by atoms with Gasteiger partial charge < -0.3 is 0 Å². The van der Waals surface area contributed by atoms with Crippen LogP contribution in [0.3, 0.4) is 0 Å². The summed E-state index contributed by atoms with van der Waals surface area (Å²) in [5, 5.41) is 0.619. The molecule has 0 heterocycles. The van der Waals surface area contributed by atoms with E-state index >= 15 is 0 Å². The van der Waals surface area contributed by atoms with Gasteiger partial charge in [0.1, 0.15) is 0 Å². The van der Waals surface area contributed by atoms with Crippen molar-refractivity contribution in [3.05, 3.63) is 29.3 Å². The van der Waals surface area contributed by atoms with Crippen LogP contribution >= 0.6 is 26.6 Å². The maximum Gasteiger partial charge on any atom is 0.261 e. The zero-order valence-electron chi connectivity index (χ0n) is 6.92. The second-order valence-electron chi connectivity index (χ2n) is 2.73. The van der Waals surface area contributed by atoms with Crippen LogP contribution in [-0.2, 0) is 14.4 Å². The normalized spacial score (nSPS) is 11.6. The lowest BCUT2D eigenvalue weighted by atomic mass is 10.2. The van der Waals surface area contributed by atoms with Crippen molar-refractivity contribution in [3.63, 3.8) is 0 Å². The number of hydrogen-bond donors (Lipinski definition) is 0. The molecular formula is C8H8BrClO2S. The molecule has 1 rings (SSSR count). The summed E-state index contributed by atoms with van der Waals surface area (Å²) in [6.07, 6.45) is 0. The van der Waals surface area contributed by atoms with Gasteiger partial charge in [-0.25, -0.2) is 8.42 Å². The number of halogens is 2. The molecule has 0 aliphatic rings. The van der Waals surface area contributed by atoms with E-state index in [2.05, 4.69) is 15.9 Å². The zero-order chi connectivity index (χ0) is 10.1. The van der Waals surface area contributed by atoms with Gasteiger partial charge in [-0.05, 0) is 30.2 Å². The molecule has 0 aliphatic heterocycles. The van der Waals surface area contributed by atoms with Gasteiger partial charge in [0.05, 0.1) is 4.90 Å². The van der Waals surface area contributed by atoms with Crippen LogP contribution in [0.25, 0.3) is 0 Å². The Morgan fingerprint density at radius 1 is 1.38 bits per heavy atom. The Labute approximate surface area is 90.5 Å². The summed E-state index contributed by atoms with van der Waals surface area (Å²) in [6.45, 7) is 1.83. The van der Waals surface area contributed by atoms with Crippen molar-refractivity contribution < 1.29 is 8.42 Å². The third-order valence-electron chi connectivity index (χ3n) is 1.55. The maximum atomic E-state index is 11.0. The van der Waals surface area contributed by atoms with Crippen molar-refractivity contribution in [2.24, 2.45) is 0 Å². The first kappa shape index (κ1) is 11.0. The van der Waals surface area contributed by atoms with Crippen molar-refractivity contribution in [3.8, 4) is 0 Å². The van der Waals surface area contributed by atoms with Gasteiger partial charge in [-0.15, -0.1) is 0 Å². The molecule has 72 valence electrons. The lowest BCUT2D eigenvalue weighted by Gasteiger charge is -2.01. The predicted octanol–water partition coefficient (Wildman–Crippen LogP) is 2.82. The molecule has 0 saturated heterocycles. The Balaban J connectivity index is 3.33. The van der Waals surface area contributed by atoms with E-state index < -0.39 is 9.05 Å². The molecule has 0 fully saturated rings. The van der Waals surface area contributed by atoms with Crippen LogP contribution in [0.15, 0.2) is 23.1 Å². The zero-order valence-corrected chi connectivity index (χ0v) is 10.1. The minimum Gasteiger partial charge on any atom is -0.207 e. The first-order valence-corrected chi connectivity index (χ1v) is 6.98. The Bertz CT molecular complexity index is 414. The molecular weight excluding hydrogens is 276 g/mol. The first-order chi connectivity index (χ1) is 5.93. The second-order valence-corrected chi connectivity index (χ2v) is 5.85. The summed E-state index contributed by atoms with van der Waals surface area (Å²) >= 11 is 3.25.